The smallest absolute Gasteiger partial charge is 0.0961 e. The third-order valence-corrected chi connectivity index (χ3v) is 7.71. The van der Waals surface area contributed by atoms with E-state index in [4.69, 9.17) is 4.74 Å². The molecule has 1 saturated heterocycles. The Hall–Kier alpha value is -1.08. The van der Waals surface area contributed by atoms with Crippen molar-refractivity contribution in [1.82, 2.24) is 0 Å². The topological polar surface area (TPSA) is 9.23 Å². The molecule has 3 unspecified atom stereocenters. The fourth-order valence-corrected chi connectivity index (χ4v) is 5.31. The first-order chi connectivity index (χ1) is 14.3. The summed E-state index contributed by atoms with van der Waals surface area (Å²) in [7, 11) is 0. The molecular weight excluding hydrogens is 364 g/mol. The Balaban J connectivity index is 1.84. The number of ether oxygens (including phenoxy) is 1. The van der Waals surface area contributed by atoms with Crippen LogP contribution in [-0.2, 0) is 4.74 Å². The van der Waals surface area contributed by atoms with E-state index in [1.807, 2.05) is 0 Å². The van der Waals surface area contributed by atoms with Crippen LogP contribution in [0, 0.1) is 5.92 Å². The fraction of sp³-hybridized carbons (Fsp3) is 0.724. The summed E-state index contributed by atoms with van der Waals surface area (Å²) in [4.78, 5) is 0. The normalized spacial score (nSPS) is 30.0. The third kappa shape index (κ3) is 6.46. The van der Waals surface area contributed by atoms with Gasteiger partial charge in [0.25, 0.3) is 0 Å². The van der Waals surface area contributed by atoms with E-state index >= 15 is 0 Å². The molecule has 2 aliphatic rings. The molecule has 0 bridgehead atoms. The summed E-state index contributed by atoms with van der Waals surface area (Å²) in [5, 5.41) is 0. The fourth-order valence-electron chi connectivity index (χ4n) is 5.31. The summed E-state index contributed by atoms with van der Waals surface area (Å²) >= 11 is 0. The van der Waals surface area contributed by atoms with Crippen LogP contribution >= 0.6 is 0 Å². The molecule has 0 N–H and O–H groups in total. The number of rotatable bonds is 11. The van der Waals surface area contributed by atoms with Gasteiger partial charge in [-0.1, -0.05) is 74.6 Å². The van der Waals surface area contributed by atoms with Crippen LogP contribution in [0.4, 0.5) is 0 Å². The largest absolute Gasteiger partial charge is 0.364 e. The van der Waals surface area contributed by atoms with E-state index in [1.165, 1.54) is 56.1 Å². The van der Waals surface area contributed by atoms with E-state index in [0.29, 0.717) is 5.92 Å². The second kappa shape index (κ2) is 11.5. The third-order valence-electron chi connectivity index (χ3n) is 7.71. The molecule has 0 amide bonds. The van der Waals surface area contributed by atoms with Gasteiger partial charge in [0.2, 0.25) is 0 Å². The van der Waals surface area contributed by atoms with Crippen LogP contribution in [0.5, 0.6) is 0 Å². The van der Waals surface area contributed by atoms with Gasteiger partial charge in [0.1, 0.15) is 0 Å². The SMILES string of the molecule is CCCCC=C(C)CCCC(C)=CCCC1(C)CCC2=CC=C(C)C(C)C2(CC)O1. The Kier molecular flexibility index (Phi) is 9.67. The lowest BCUT2D eigenvalue weighted by Crippen LogP contribution is -2.53. The first-order valence-electron chi connectivity index (χ1n) is 12.7. The Bertz CT molecular complexity index is 676. The minimum Gasteiger partial charge on any atom is -0.364 e. The highest BCUT2D eigenvalue weighted by atomic mass is 16.5. The van der Waals surface area contributed by atoms with Gasteiger partial charge >= 0.3 is 0 Å². The van der Waals surface area contributed by atoms with Crippen molar-refractivity contribution in [3.63, 3.8) is 0 Å². The van der Waals surface area contributed by atoms with Gasteiger partial charge in [0, 0.05) is 5.92 Å². The maximum atomic E-state index is 6.99. The van der Waals surface area contributed by atoms with Gasteiger partial charge in [-0.25, -0.2) is 0 Å². The Morgan fingerprint density at radius 1 is 1.07 bits per heavy atom. The Labute approximate surface area is 187 Å². The molecule has 0 aromatic carbocycles. The standard InChI is InChI=1S/C29H48O/c1-8-10-11-14-23(3)15-12-16-24(4)17-13-21-28(7)22-20-27-19-18-25(5)26(6)29(27,9-2)30-28/h14,17-19,26H,8-13,15-16,20-22H2,1-7H3. The summed E-state index contributed by atoms with van der Waals surface area (Å²) < 4.78 is 6.99. The van der Waals surface area contributed by atoms with E-state index in [-0.39, 0.29) is 11.2 Å². The van der Waals surface area contributed by atoms with Crippen molar-refractivity contribution in [2.75, 3.05) is 0 Å². The number of unbranched alkanes of at least 4 members (excludes halogenated alkanes) is 2. The molecule has 1 heterocycles. The average molecular weight is 413 g/mol. The summed E-state index contributed by atoms with van der Waals surface area (Å²) in [6.45, 7) is 16.2. The van der Waals surface area contributed by atoms with E-state index in [9.17, 15) is 0 Å². The van der Waals surface area contributed by atoms with Crippen LogP contribution in [0.3, 0.4) is 0 Å². The van der Waals surface area contributed by atoms with Crippen LogP contribution in [0.25, 0.3) is 0 Å². The lowest BCUT2D eigenvalue weighted by atomic mass is 9.68. The van der Waals surface area contributed by atoms with E-state index in [2.05, 4.69) is 72.8 Å². The highest BCUT2D eigenvalue weighted by Crippen LogP contribution is 2.50. The van der Waals surface area contributed by atoms with Gasteiger partial charge in [0.15, 0.2) is 0 Å². The molecule has 1 heteroatoms. The number of hydrogen-bond donors (Lipinski definition) is 0. The van der Waals surface area contributed by atoms with Gasteiger partial charge in [-0.05, 0) is 91.1 Å². The quantitative estimate of drug-likeness (QED) is 0.243. The minimum absolute atomic E-state index is 0.00534. The second-order valence-corrected chi connectivity index (χ2v) is 10.3. The summed E-state index contributed by atoms with van der Waals surface area (Å²) in [6, 6.07) is 0. The monoisotopic (exact) mass is 412 g/mol. The number of allylic oxidation sites excluding steroid dienone is 6. The van der Waals surface area contributed by atoms with Crippen molar-refractivity contribution in [1.29, 1.82) is 0 Å². The predicted octanol–water partition coefficient (Wildman–Crippen LogP) is 9.26. The molecule has 1 nitrogen and oxygen atoms in total. The van der Waals surface area contributed by atoms with Gasteiger partial charge in [0.05, 0.1) is 11.2 Å². The molecule has 1 fully saturated rings. The molecule has 1 aliphatic carbocycles. The van der Waals surface area contributed by atoms with E-state index in [0.717, 1.165) is 25.7 Å². The molecule has 0 saturated carbocycles. The van der Waals surface area contributed by atoms with Crippen molar-refractivity contribution in [3.8, 4) is 0 Å². The van der Waals surface area contributed by atoms with Crippen molar-refractivity contribution in [3.05, 3.63) is 46.6 Å². The molecule has 170 valence electrons. The predicted molar refractivity (Wildman–Crippen MR) is 133 cm³/mol. The zero-order chi connectivity index (χ0) is 22.2. The van der Waals surface area contributed by atoms with E-state index in [1.54, 1.807) is 11.1 Å². The zero-order valence-corrected chi connectivity index (χ0v) is 21.1. The van der Waals surface area contributed by atoms with Crippen molar-refractivity contribution in [2.45, 2.75) is 130 Å². The maximum Gasteiger partial charge on any atom is 0.0961 e. The molecule has 1 aliphatic heterocycles. The zero-order valence-electron chi connectivity index (χ0n) is 21.1. The summed E-state index contributed by atoms with van der Waals surface area (Å²) in [5.41, 5.74) is 6.01. The van der Waals surface area contributed by atoms with Crippen LogP contribution in [0.2, 0.25) is 0 Å². The molecule has 0 radical (unpaired) electrons. The highest BCUT2D eigenvalue weighted by molar-refractivity contribution is 5.36. The maximum absolute atomic E-state index is 6.99. The average Bonchev–Trinajstić information content (AvgIpc) is 2.71. The Morgan fingerprint density at radius 2 is 1.73 bits per heavy atom. The van der Waals surface area contributed by atoms with Crippen LogP contribution in [-0.4, -0.2) is 11.2 Å². The lowest BCUT2D eigenvalue weighted by molar-refractivity contribution is -0.175. The van der Waals surface area contributed by atoms with Crippen molar-refractivity contribution < 1.29 is 4.74 Å². The minimum atomic E-state index is -0.0772. The number of fused-ring (bicyclic) bond motifs is 1. The van der Waals surface area contributed by atoms with Crippen molar-refractivity contribution in [2.24, 2.45) is 5.92 Å². The molecule has 2 rings (SSSR count). The van der Waals surface area contributed by atoms with Crippen LogP contribution < -0.4 is 0 Å². The van der Waals surface area contributed by atoms with Gasteiger partial charge < -0.3 is 4.74 Å². The molecular formula is C29H48O. The van der Waals surface area contributed by atoms with Gasteiger partial charge in [-0.2, -0.15) is 0 Å². The first-order valence-corrected chi connectivity index (χ1v) is 12.7. The van der Waals surface area contributed by atoms with Gasteiger partial charge in [-0.3, -0.25) is 0 Å². The van der Waals surface area contributed by atoms with Crippen molar-refractivity contribution >= 4 is 0 Å². The molecule has 0 aromatic rings. The molecule has 0 spiro atoms. The molecule has 0 aromatic heterocycles. The van der Waals surface area contributed by atoms with Crippen LogP contribution in [0.1, 0.15) is 119 Å². The van der Waals surface area contributed by atoms with Crippen LogP contribution in [0.15, 0.2) is 46.6 Å². The van der Waals surface area contributed by atoms with Gasteiger partial charge in [-0.15, -0.1) is 0 Å². The summed E-state index contributed by atoms with van der Waals surface area (Å²) in [6.07, 6.45) is 22.9. The summed E-state index contributed by atoms with van der Waals surface area (Å²) in [5.74, 6) is 0.480. The Morgan fingerprint density at radius 3 is 2.37 bits per heavy atom. The molecule has 3 atom stereocenters. The highest BCUT2D eigenvalue weighted by Gasteiger charge is 2.49. The second-order valence-electron chi connectivity index (χ2n) is 10.3. The van der Waals surface area contributed by atoms with E-state index < -0.39 is 0 Å². The molecule has 30 heavy (non-hydrogen) atoms. The first kappa shape index (κ1) is 25.2. The number of hydrogen-bond acceptors (Lipinski definition) is 1. The lowest BCUT2D eigenvalue weighted by Gasteiger charge is -2.53.